The Hall–Kier alpha value is -2.93. The van der Waals surface area contributed by atoms with Gasteiger partial charge in [0, 0.05) is 17.3 Å². The Morgan fingerprint density at radius 1 is 1.20 bits per heavy atom. The summed E-state index contributed by atoms with van der Waals surface area (Å²) in [7, 11) is 1.60. The van der Waals surface area contributed by atoms with Crippen LogP contribution in [0, 0.1) is 0 Å². The highest BCUT2D eigenvalue weighted by atomic mass is 32.1. The zero-order valence-corrected chi connectivity index (χ0v) is 14.5. The van der Waals surface area contributed by atoms with Crippen LogP contribution in [0.15, 0.2) is 54.2 Å². The lowest BCUT2D eigenvalue weighted by atomic mass is 10.2. The van der Waals surface area contributed by atoms with Gasteiger partial charge in [-0.15, -0.1) is 11.3 Å². The molecule has 0 saturated carbocycles. The number of carbonyl (C=O) groups is 1. The van der Waals surface area contributed by atoms with Crippen molar-refractivity contribution in [3.63, 3.8) is 0 Å². The highest BCUT2D eigenvalue weighted by Crippen LogP contribution is 2.17. The highest BCUT2D eigenvalue weighted by Gasteiger charge is 2.09. The molecule has 0 saturated heterocycles. The molecule has 0 spiro atoms. The first kappa shape index (κ1) is 16.9. The van der Waals surface area contributed by atoms with Crippen LogP contribution in [0.4, 0.5) is 5.69 Å². The topological polar surface area (TPSA) is 73.3 Å². The van der Waals surface area contributed by atoms with Gasteiger partial charge in [-0.25, -0.2) is 4.98 Å². The summed E-state index contributed by atoms with van der Waals surface area (Å²) in [6.45, 7) is 0.358. The van der Waals surface area contributed by atoms with Gasteiger partial charge in [-0.1, -0.05) is 0 Å². The minimum absolute atomic E-state index is 0.116. The van der Waals surface area contributed by atoms with Gasteiger partial charge in [0.2, 0.25) is 5.91 Å². The summed E-state index contributed by atoms with van der Waals surface area (Å²) in [6, 6.07) is 10.8. The lowest BCUT2D eigenvalue weighted by molar-refractivity contribution is -0.115. The second-order valence-corrected chi connectivity index (χ2v) is 6.11. The third kappa shape index (κ3) is 5.02. The molecule has 1 aromatic carbocycles. The number of thiazole rings is 1. The minimum Gasteiger partial charge on any atom is -0.497 e. The molecular formula is C18H17N3O3S. The zero-order valence-electron chi connectivity index (χ0n) is 13.6. The summed E-state index contributed by atoms with van der Waals surface area (Å²) < 4.78 is 10.7. The molecule has 2 aromatic heterocycles. The molecule has 2 heterocycles. The van der Waals surface area contributed by atoms with Crippen molar-refractivity contribution in [1.29, 1.82) is 0 Å². The Bertz CT molecular complexity index is 819. The van der Waals surface area contributed by atoms with E-state index in [9.17, 15) is 4.79 Å². The molecule has 7 heteroatoms. The van der Waals surface area contributed by atoms with Crippen molar-refractivity contribution in [2.24, 2.45) is 0 Å². The van der Waals surface area contributed by atoms with Crippen LogP contribution in [0.3, 0.4) is 0 Å². The summed E-state index contributed by atoms with van der Waals surface area (Å²) >= 11 is 1.47. The van der Waals surface area contributed by atoms with Gasteiger partial charge in [-0.2, -0.15) is 0 Å². The van der Waals surface area contributed by atoms with E-state index in [0.717, 1.165) is 22.1 Å². The smallest absolute Gasteiger partial charge is 0.230 e. The average molecular weight is 355 g/mol. The number of hydrogen-bond donors (Lipinski definition) is 1. The number of ether oxygens (including phenoxy) is 2. The number of amides is 1. The van der Waals surface area contributed by atoms with Crippen LogP contribution in [0.2, 0.25) is 0 Å². The SMILES string of the molecule is COc1ccc(NC(=O)Cc2csc(COc3cccnc3)n2)cc1. The minimum atomic E-state index is -0.116. The fourth-order valence-corrected chi connectivity index (χ4v) is 2.82. The third-order valence-electron chi connectivity index (χ3n) is 3.31. The molecule has 0 unspecified atom stereocenters. The van der Waals surface area contributed by atoms with Gasteiger partial charge in [-0.3, -0.25) is 9.78 Å². The molecular weight excluding hydrogens is 338 g/mol. The van der Waals surface area contributed by atoms with Crippen LogP contribution in [0.25, 0.3) is 0 Å². The molecule has 3 rings (SSSR count). The van der Waals surface area contributed by atoms with Crippen molar-refractivity contribution in [2.45, 2.75) is 13.0 Å². The predicted molar refractivity (Wildman–Crippen MR) is 96.0 cm³/mol. The van der Waals surface area contributed by atoms with Gasteiger partial charge in [0.1, 0.15) is 23.1 Å². The molecule has 1 amide bonds. The lowest BCUT2D eigenvalue weighted by Crippen LogP contribution is -2.14. The molecule has 3 aromatic rings. The number of benzene rings is 1. The Kier molecular flexibility index (Phi) is 5.58. The number of rotatable bonds is 7. The first-order valence-electron chi connectivity index (χ1n) is 7.63. The molecule has 0 aliphatic rings. The van der Waals surface area contributed by atoms with Crippen LogP contribution in [-0.4, -0.2) is 23.0 Å². The maximum Gasteiger partial charge on any atom is 0.230 e. The summed E-state index contributed by atoms with van der Waals surface area (Å²) in [5, 5.41) is 5.53. The quantitative estimate of drug-likeness (QED) is 0.704. The van der Waals surface area contributed by atoms with Gasteiger partial charge < -0.3 is 14.8 Å². The van der Waals surface area contributed by atoms with E-state index in [0.29, 0.717) is 12.4 Å². The number of carbonyl (C=O) groups excluding carboxylic acids is 1. The van der Waals surface area contributed by atoms with Crippen LogP contribution in [-0.2, 0) is 17.8 Å². The van der Waals surface area contributed by atoms with Crippen molar-refractivity contribution < 1.29 is 14.3 Å². The maximum absolute atomic E-state index is 12.1. The summed E-state index contributed by atoms with van der Waals surface area (Å²) in [5.74, 6) is 1.32. The Balaban J connectivity index is 1.50. The number of nitrogens with one attached hydrogen (secondary N) is 1. The molecule has 0 atom stereocenters. The standard InChI is InChI=1S/C18H17N3O3S/c1-23-15-6-4-13(5-7-15)20-17(22)9-14-12-25-18(21-14)11-24-16-3-2-8-19-10-16/h2-8,10,12H,9,11H2,1H3,(H,20,22). The average Bonchev–Trinajstić information content (AvgIpc) is 3.08. The number of pyridine rings is 1. The molecule has 0 bridgehead atoms. The monoisotopic (exact) mass is 355 g/mol. The van der Waals surface area contributed by atoms with E-state index in [4.69, 9.17) is 9.47 Å². The maximum atomic E-state index is 12.1. The van der Waals surface area contributed by atoms with Crippen molar-refractivity contribution in [1.82, 2.24) is 9.97 Å². The molecule has 0 fully saturated rings. The summed E-state index contributed by atoms with van der Waals surface area (Å²) in [6.07, 6.45) is 3.56. The predicted octanol–water partition coefficient (Wildman–Crippen LogP) is 3.31. The Morgan fingerprint density at radius 2 is 2.04 bits per heavy atom. The van der Waals surface area contributed by atoms with E-state index in [1.807, 2.05) is 17.5 Å². The van der Waals surface area contributed by atoms with Gasteiger partial charge >= 0.3 is 0 Å². The Morgan fingerprint density at radius 3 is 2.76 bits per heavy atom. The van der Waals surface area contributed by atoms with Gasteiger partial charge in [0.05, 0.1) is 25.4 Å². The molecule has 25 heavy (non-hydrogen) atoms. The molecule has 0 aliphatic heterocycles. The van der Waals surface area contributed by atoms with Gasteiger partial charge in [-0.05, 0) is 36.4 Å². The molecule has 128 valence electrons. The lowest BCUT2D eigenvalue weighted by Gasteiger charge is -2.05. The van der Waals surface area contributed by atoms with Crippen LogP contribution >= 0.6 is 11.3 Å². The first-order chi connectivity index (χ1) is 12.2. The van der Waals surface area contributed by atoms with E-state index in [-0.39, 0.29) is 12.3 Å². The van der Waals surface area contributed by atoms with Crippen LogP contribution in [0.5, 0.6) is 11.5 Å². The second kappa shape index (κ2) is 8.25. The number of aromatic nitrogens is 2. The number of hydrogen-bond acceptors (Lipinski definition) is 6. The molecule has 6 nitrogen and oxygen atoms in total. The summed E-state index contributed by atoms with van der Waals surface area (Å²) in [5.41, 5.74) is 1.45. The largest absolute Gasteiger partial charge is 0.497 e. The van der Waals surface area contributed by atoms with E-state index < -0.39 is 0 Å². The fraction of sp³-hybridized carbons (Fsp3) is 0.167. The van der Waals surface area contributed by atoms with Crippen molar-refractivity contribution in [2.75, 3.05) is 12.4 Å². The molecule has 0 aliphatic carbocycles. The van der Waals surface area contributed by atoms with E-state index in [1.165, 1.54) is 11.3 Å². The van der Waals surface area contributed by atoms with Crippen molar-refractivity contribution >= 4 is 22.9 Å². The molecule has 0 radical (unpaired) electrons. The van der Waals surface area contributed by atoms with Crippen molar-refractivity contribution in [3.8, 4) is 11.5 Å². The van der Waals surface area contributed by atoms with Gasteiger partial charge in [0.25, 0.3) is 0 Å². The first-order valence-corrected chi connectivity index (χ1v) is 8.51. The molecule has 1 N–H and O–H groups in total. The highest BCUT2D eigenvalue weighted by molar-refractivity contribution is 7.09. The van der Waals surface area contributed by atoms with E-state index >= 15 is 0 Å². The number of methoxy groups -OCH3 is 1. The van der Waals surface area contributed by atoms with E-state index in [1.54, 1.807) is 43.8 Å². The van der Waals surface area contributed by atoms with E-state index in [2.05, 4.69) is 15.3 Å². The fourth-order valence-electron chi connectivity index (χ4n) is 2.12. The number of nitrogens with zero attached hydrogens (tertiary/aromatic N) is 2. The van der Waals surface area contributed by atoms with Gasteiger partial charge in [0.15, 0.2) is 0 Å². The van der Waals surface area contributed by atoms with Crippen LogP contribution in [0.1, 0.15) is 10.7 Å². The second-order valence-electron chi connectivity index (χ2n) is 5.16. The normalized spacial score (nSPS) is 10.3. The Labute approximate surface area is 149 Å². The van der Waals surface area contributed by atoms with Crippen LogP contribution < -0.4 is 14.8 Å². The summed E-state index contributed by atoms with van der Waals surface area (Å²) in [4.78, 5) is 20.5. The third-order valence-corrected chi connectivity index (χ3v) is 4.18. The van der Waals surface area contributed by atoms with Crippen molar-refractivity contribution in [3.05, 3.63) is 64.9 Å². The zero-order chi connectivity index (χ0) is 17.5. The number of anilines is 1.